The number of nitro groups is 1. The van der Waals surface area contributed by atoms with Gasteiger partial charge in [0.05, 0.1) is 13.0 Å². The Labute approximate surface area is 87.3 Å². The lowest BCUT2D eigenvalue weighted by Crippen LogP contribution is -2.50. The minimum absolute atomic E-state index is 0.174. The fourth-order valence-electron chi connectivity index (χ4n) is 2.36. The van der Waals surface area contributed by atoms with E-state index in [-0.39, 0.29) is 16.7 Å². The van der Waals surface area contributed by atoms with Crippen molar-refractivity contribution in [2.75, 3.05) is 7.11 Å². The molecule has 1 aliphatic heterocycles. The van der Waals surface area contributed by atoms with Crippen molar-refractivity contribution in [2.45, 2.75) is 18.4 Å². The molecule has 2 aliphatic rings. The van der Waals surface area contributed by atoms with Gasteiger partial charge in [0.15, 0.2) is 0 Å². The zero-order valence-corrected chi connectivity index (χ0v) is 8.47. The topological polar surface area (TPSA) is 64.7 Å². The summed E-state index contributed by atoms with van der Waals surface area (Å²) >= 11 is 0. The van der Waals surface area contributed by atoms with Crippen molar-refractivity contribution in [1.82, 2.24) is 0 Å². The zero-order chi connectivity index (χ0) is 11.1. The Bertz CT molecular complexity index is 386. The predicted octanol–water partition coefficient (Wildman–Crippen LogP) is 1.54. The van der Waals surface area contributed by atoms with Crippen LogP contribution < -0.4 is 0 Å². The highest BCUT2D eigenvalue weighted by Crippen LogP contribution is 2.44. The fraction of sp³-hybridized carbons (Fsp3) is 0.500. The molecule has 1 aliphatic carbocycles. The molecule has 0 bridgehead atoms. The molecule has 0 aromatic rings. The van der Waals surface area contributed by atoms with Crippen molar-refractivity contribution in [2.24, 2.45) is 10.9 Å². The van der Waals surface area contributed by atoms with E-state index < -0.39 is 5.54 Å². The third-order valence-corrected chi connectivity index (χ3v) is 3.04. The largest absolute Gasteiger partial charge is 0.479 e. The van der Waals surface area contributed by atoms with Gasteiger partial charge in [0.1, 0.15) is 0 Å². The SMILES string of the molecule is C=C1CC2C=CN=C(OC)C2([N+](=O)[O-])C1. The van der Waals surface area contributed by atoms with Crippen LogP contribution in [0.5, 0.6) is 0 Å². The van der Waals surface area contributed by atoms with Crippen LogP contribution in [-0.2, 0) is 4.74 Å². The fourth-order valence-corrected chi connectivity index (χ4v) is 2.36. The summed E-state index contributed by atoms with van der Waals surface area (Å²) in [7, 11) is 1.42. The number of fused-ring (bicyclic) bond motifs is 1. The Morgan fingerprint density at radius 1 is 1.80 bits per heavy atom. The lowest BCUT2D eigenvalue weighted by atomic mass is 9.86. The number of hydrogen-bond donors (Lipinski definition) is 0. The second kappa shape index (κ2) is 3.18. The highest BCUT2D eigenvalue weighted by Gasteiger charge is 2.60. The van der Waals surface area contributed by atoms with Crippen LogP contribution >= 0.6 is 0 Å². The first-order valence-corrected chi connectivity index (χ1v) is 4.71. The molecule has 1 heterocycles. The Hall–Kier alpha value is -1.65. The van der Waals surface area contributed by atoms with Crippen LogP contribution in [0.25, 0.3) is 0 Å². The van der Waals surface area contributed by atoms with E-state index in [2.05, 4.69) is 11.6 Å². The standard InChI is InChI=1S/C10H12N2O3/c1-7-5-8-3-4-11-9(15-2)10(8,6-7)12(13)14/h3-4,8H,1,5-6H2,2H3. The first-order chi connectivity index (χ1) is 7.11. The summed E-state index contributed by atoms with van der Waals surface area (Å²) in [6.07, 6.45) is 4.30. The smallest absolute Gasteiger partial charge is 0.305 e. The van der Waals surface area contributed by atoms with Crippen molar-refractivity contribution < 1.29 is 9.66 Å². The molecule has 0 amide bonds. The lowest BCUT2D eigenvalue weighted by Gasteiger charge is -2.26. The highest BCUT2D eigenvalue weighted by atomic mass is 16.6. The predicted molar refractivity (Wildman–Crippen MR) is 55.2 cm³/mol. The molecule has 1 fully saturated rings. The normalized spacial score (nSPS) is 33.5. The van der Waals surface area contributed by atoms with Crippen LogP contribution in [0.3, 0.4) is 0 Å². The Kier molecular flexibility index (Phi) is 2.10. The minimum atomic E-state index is -1.21. The van der Waals surface area contributed by atoms with Gasteiger partial charge in [-0.2, -0.15) is 0 Å². The van der Waals surface area contributed by atoms with Crippen molar-refractivity contribution in [1.29, 1.82) is 0 Å². The van der Waals surface area contributed by atoms with Gasteiger partial charge in [0, 0.05) is 17.5 Å². The second-order valence-electron chi connectivity index (χ2n) is 3.90. The van der Waals surface area contributed by atoms with E-state index in [4.69, 9.17) is 4.74 Å². The van der Waals surface area contributed by atoms with E-state index in [1.54, 1.807) is 12.3 Å². The molecule has 2 unspecified atom stereocenters. The quantitative estimate of drug-likeness (QED) is 0.373. The van der Waals surface area contributed by atoms with Gasteiger partial charge in [-0.05, 0) is 6.42 Å². The summed E-state index contributed by atoms with van der Waals surface area (Å²) in [4.78, 5) is 14.9. The molecule has 2 atom stereocenters. The molecule has 0 aromatic carbocycles. The Morgan fingerprint density at radius 2 is 2.53 bits per heavy atom. The van der Waals surface area contributed by atoms with Gasteiger partial charge < -0.3 is 4.74 Å². The monoisotopic (exact) mass is 208 g/mol. The van der Waals surface area contributed by atoms with Gasteiger partial charge in [0.25, 0.3) is 5.90 Å². The molecule has 0 saturated heterocycles. The van der Waals surface area contributed by atoms with E-state index in [0.717, 1.165) is 5.57 Å². The van der Waals surface area contributed by atoms with Crippen molar-refractivity contribution in [3.63, 3.8) is 0 Å². The van der Waals surface area contributed by atoms with Crippen LogP contribution in [0.4, 0.5) is 0 Å². The molecule has 5 nitrogen and oxygen atoms in total. The third kappa shape index (κ3) is 1.19. The van der Waals surface area contributed by atoms with E-state index >= 15 is 0 Å². The first-order valence-electron chi connectivity index (χ1n) is 4.71. The maximum atomic E-state index is 11.2. The molecule has 0 spiro atoms. The van der Waals surface area contributed by atoms with E-state index in [9.17, 15) is 10.1 Å². The molecule has 1 saturated carbocycles. The van der Waals surface area contributed by atoms with Crippen molar-refractivity contribution in [3.05, 3.63) is 34.5 Å². The minimum Gasteiger partial charge on any atom is -0.479 e. The third-order valence-electron chi connectivity index (χ3n) is 3.04. The maximum Gasteiger partial charge on any atom is 0.305 e. The summed E-state index contributed by atoms with van der Waals surface area (Å²) in [6, 6.07) is 0. The number of methoxy groups -OCH3 is 1. The Balaban J connectivity index is 2.51. The molecule has 0 N–H and O–H groups in total. The second-order valence-corrected chi connectivity index (χ2v) is 3.90. The maximum absolute atomic E-state index is 11.2. The number of ether oxygens (including phenoxy) is 1. The molecule has 15 heavy (non-hydrogen) atoms. The molecular weight excluding hydrogens is 196 g/mol. The number of hydrogen-bond acceptors (Lipinski definition) is 4. The van der Waals surface area contributed by atoms with Crippen molar-refractivity contribution in [3.8, 4) is 0 Å². The summed E-state index contributed by atoms with van der Waals surface area (Å²) in [6.45, 7) is 3.83. The van der Waals surface area contributed by atoms with Crippen LogP contribution in [-0.4, -0.2) is 23.5 Å². The van der Waals surface area contributed by atoms with Gasteiger partial charge in [-0.3, -0.25) is 10.1 Å². The molecule has 5 heteroatoms. The van der Waals surface area contributed by atoms with Gasteiger partial charge in [-0.25, -0.2) is 4.99 Å². The zero-order valence-electron chi connectivity index (χ0n) is 8.47. The molecule has 0 aromatic heterocycles. The van der Waals surface area contributed by atoms with E-state index in [1.807, 2.05) is 0 Å². The summed E-state index contributed by atoms with van der Waals surface area (Å²) in [5, 5.41) is 11.2. The molecule has 80 valence electrons. The van der Waals surface area contributed by atoms with Gasteiger partial charge in [-0.1, -0.05) is 18.2 Å². The van der Waals surface area contributed by atoms with Crippen molar-refractivity contribution >= 4 is 5.90 Å². The summed E-state index contributed by atoms with van der Waals surface area (Å²) in [5.74, 6) is 0.0195. The van der Waals surface area contributed by atoms with Gasteiger partial charge in [0.2, 0.25) is 0 Å². The lowest BCUT2D eigenvalue weighted by molar-refractivity contribution is -0.554. The van der Waals surface area contributed by atoms with E-state index in [0.29, 0.717) is 12.8 Å². The number of rotatable bonds is 1. The van der Waals surface area contributed by atoms with Crippen LogP contribution in [0.1, 0.15) is 12.8 Å². The van der Waals surface area contributed by atoms with Crippen LogP contribution in [0, 0.1) is 16.0 Å². The number of aliphatic imine (C=N–C) groups is 1. The Morgan fingerprint density at radius 3 is 3.13 bits per heavy atom. The number of nitrogens with zero attached hydrogens (tertiary/aromatic N) is 2. The van der Waals surface area contributed by atoms with Gasteiger partial charge in [-0.15, -0.1) is 0 Å². The first kappa shape index (κ1) is 9.89. The van der Waals surface area contributed by atoms with Gasteiger partial charge >= 0.3 is 5.54 Å². The average molecular weight is 208 g/mol. The summed E-state index contributed by atoms with van der Waals surface area (Å²) < 4.78 is 5.03. The molecule has 2 rings (SSSR count). The van der Waals surface area contributed by atoms with E-state index in [1.165, 1.54) is 7.11 Å². The highest BCUT2D eigenvalue weighted by molar-refractivity contribution is 5.88. The average Bonchev–Trinajstić information content (AvgIpc) is 2.54. The molecular formula is C10H12N2O3. The molecule has 0 radical (unpaired) electrons. The van der Waals surface area contributed by atoms with Crippen LogP contribution in [0.15, 0.2) is 29.4 Å². The van der Waals surface area contributed by atoms with Crippen LogP contribution in [0.2, 0.25) is 0 Å². The summed E-state index contributed by atoms with van der Waals surface area (Å²) in [5.41, 5.74) is -0.325.